The molecule has 27 heavy (non-hydrogen) atoms. The highest BCUT2D eigenvalue weighted by atomic mass is 35.5. The van der Waals surface area contributed by atoms with Crippen molar-refractivity contribution in [3.63, 3.8) is 0 Å². The van der Waals surface area contributed by atoms with E-state index in [1.165, 1.54) is 0 Å². The zero-order valence-corrected chi connectivity index (χ0v) is 15.9. The van der Waals surface area contributed by atoms with Gasteiger partial charge in [0.05, 0.1) is 6.61 Å². The molecule has 0 spiro atoms. The van der Waals surface area contributed by atoms with Gasteiger partial charge in [0.1, 0.15) is 12.4 Å². The Labute approximate surface area is 163 Å². The van der Waals surface area contributed by atoms with Crippen molar-refractivity contribution < 1.29 is 19.1 Å². The zero-order valence-electron chi connectivity index (χ0n) is 15.2. The summed E-state index contributed by atoms with van der Waals surface area (Å²) in [6.07, 6.45) is 0.846. The van der Waals surface area contributed by atoms with Crippen molar-refractivity contribution in [1.29, 1.82) is 0 Å². The fourth-order valence-electron chi connectivity index (χ4n) is 2.28. The number of amides is 2. The van der Waals surface area contributed by atoms with Gasteiger partial charge in [-0.2, -0.15) is 0 Å². The summed E-state index contributed by atoms with van der Waals surface area (Å²) in [7, 11) is 1.60. The first-order valence-corrected chi connectivity index (χ1v) is 9.01. The number of methoxy groups -OCH3 is 1. The summed E-state index contributed by atoms with van der Waals surface area (Å²) in [5, 5.41) is 6.20. The molecule has 0 saturated carbocycles. The van der Waals surface area contributed by atoms with Gasteiger partial charge in [0.15, 0.2) is 0 Å². The number of rotatable bonds is 10. The largest absolute Gasteiger partial charge is 0.491 e. The topological polar surface area (TPSA) is 76.7 Å². The molecule has 0 aromatic heterocycles. The van der Waals surface area contributed by atoms with E-state index >= 15 is 0 Å². The Morgan fingerprint density at radius 2 is 1.85 bits per heavy atom. The second-order valence-corrected chi connectivity index (χ2v) is 6.22. The van der Waals surface area contributed by atoms with Crippen molar-refractivity contribution in [2.45, 2.75) is 12.8 Å². The van der Waals surface area contributed by atoms with E-state index in [2.05, 4.69) is 10.6 Å². The van der Waals surface area contributed by atoms with E-state index in [1.807, 2.05) is 0 Å². The van der Waals surface area contributed by atoms with Crippen LogP contribution >= 0.6 is 11.6 Å². The van der Waals surface area contributed by atoms with Crippen LogP contribution < -0.4 is 15.4 Å². The predicted molar refractivity (Wildman–Crippen MR) is 105 cm³/mol. The van der Waals surface area contributed by atoms with E-state index in [0.717, 1.165) is 0 Å². The lowest BCUT2D eigenvalue weighted by atomic mass is 10.2. The van der Waals surface area contributed by atoms with E-state index in [-0.39, 0.29) is 11.8 Å². The van der Waals surface area contributed by atoms with Gasteiger partial charge in [0.2, 0.25) is 5.91 Å². The molecule has 0 aliphatic heterocycles. The zero-order chi connectivity index (χ0) is 19.5. The molecule has 0 saturated heterocycles. The maximum Gasteiger partial charge on any atom is 0.251 e. The van der Waals surface area contributed by atoms with Crippen LogP contribution in [0.5, 0.6) is 5.75 Å². The molecule has 0 aliphatic rings. The third kappa shape index (κ3) is 7.68. The van der Waals surface area contributed by atoms with Crippen LogP contribution in [-0.2, 0) is 9.53 Å². The van der Waals surface area contributed by atoms with E-state index in [9.17, 15) is 9.59 Å². The fourth-order valence-corrected chi connectivity index (χ4v) is 2.41. The van der Waals surface area contributed by atoms with E-state index < -0.39 is 0 Å². The molecule has 7 heteroatoms. The summed E-state index contributed by atoms with van der Waals surface area (Å²) in [6, 6.07) is 13.8. The highest BCUT2D eigenvalue weighted by molar-refractivity contribution is 6.30. The van der Waals surface area contributed by atoms with E-state index in [4.69, 9.17) is 21.1 Å². The SMILES string of the molecule is COCCOc1cccc(C(=O)NCCCC(=O)Nc2ccc(Cl)cc2)c1. The van der Waals surface area contributed by atoms with Crippen molar-refractivity contribution >= 4 is 29.1 Å². The highest BCUT2D eigenvalue weighted by Crippen LogP contribution is 2.14. The third-order valence-electron chi connectivity index (χ3n) is 3.65. The van der Waals surface area contributed by atoms with Crippen molar-refractivity contribution in [3.05, 3.63) is 59.1 Å². The number of ether oxygens (including phenoxy) is 2. The van der Waals surface area contributed by atoms with Gasteiger partial charge >= 0.3 is 0 Å². The predicted octanol–water partition coefficient (Wildman–Crippen LogP) is 3.51. The standard InChI is InChI=1S/C20H23ClN2O4/c1-26-12-13-27-18-5-2-4-15(14-18)20(25)22-11-3-6-19(24)23-17-9-7-16(21)8-10-17/h2,4-5,7-10,14H,3,6,11-13H2,1H3,(H,22,25)(H,23,24). The number of hydrogen-bond acceptors (Lipinski definition) is 4. The number of halogens is 1. The average Bonchev–Trinajstić information content (AvgIpc) is 2.67. The summed E-state index contributed by atoms with van der Waals surface area (Å²) in [4.78, 5) is 24.1. The summed E-state index contributed by atoms with van der Waals surface area (Å²) in [5.41, 5.74) is 1.20. The number of carbonyl (C=O) groups is 2. The Balaban J connectivity index is 1.70. The summed E-state index contributed by atoms with van der Waals surface area (Å²) < 4.78 is 10.4. The van der Waals surface area contributed by atoms with Crippen LogP contribution in [0, 0.1) is 0 Å². The second-order valence-electron chi connectivity index (χ2n) is 5.78. The fraction of sp³-hybridized carbons (Fsp3) is 0.300. The normalized spacial score (nSPS) is 10.3. The molecule has 0 fully saturated rings. The second kappa shape index (κ2) is 11.2. The quantitative estimate of drug-likeness (QED) is 0.608. The van der Waals surface area contributed by atoms with Gasteiger partial charge in [0, 0.05) is 36.3 Å². The van der Waals surface area contributed by atoms with Crippen LogP contribution in [0.3, 0.4) is 0 Å². The smallest absolute Gasteiger partial charge is 0.251 e. The Bertz CT molecular complexity index is 750. The highest BCUT2D eigenvalue weighted by Gasteiger charge is 2.07. The Morgan fingerprint density at radius 1 is 1.07 bits per heavy atom. The van der Waals surface area contributed by atoms with Crippen LogP contribution in [-0.4, -0.2) is 38.7 Å². The van der Waals surface area contributed by atoms with Crippen LogP contribution in [0.2, 0.25) is 5.02 Å². The van der Waals surface area contributed by atoms with Crippen molar-refractivity contribution in [2.24, 2.45) is 0 Å². The summed E-state index contributed by atoms with van der Waals surface area (Å²) >= 11 is 5.81. The lowest BCUT2D eigenvalue weighted by molar-refractivity contribution is -0.116. The lowest BCUT2D eigenvalue weighted by Gasteiger charge is -2.09. The third-order valence-corrected chi connectivity index (χ3v) is 3.90. The van der Waals surface area contributed by atoms with Crippen molar-refractivity contribution in [1.82, 2.24) is 5.32 Å². The maximum atomic E-state index is 12.2. The first-order chi connectivity index (χ1) is 13.1. The molecule has 2 aromatic carbocycles. The van der Waals surface area contributed by atoms with Crippen molar-refractivity contribution in [3.8, 4) is 5.75 Å². The van der Waals surface area contributed by atoms with Gasteiger partial charge in [0.25, 0.3) is 5.91 Å². The Kier molecular flexibility index (Phi) is 8.61. The van der Waals surface area contributed by atoms with Crippen LogP contribution in [0.1, 0.15) is 23.2 Å². The minimum absolute atomic E-state index is 0.111. The Hall–Kier alpha value is -2.57. The molecule has 144 valence electrons. The Morgan fingerprint density at radius 3 is 2.59 bits per heavy atom. The first kappa shape index (κ1) is 20.7. The van der Waals surface area contributed by atoms with Gasteiger partial charge in [-0.3, -0.25) is 9.59 Å². The molecule has 2 amide bonds. The molecule has 0 atom stereocenters. The molecule has 6 nitrogen and oxygen atoms in total. The first-order valence-electron chi connectivity index (χ1n) is 8.64. The maximum absolute atomic E-state index is 12.2. The average molecular weight is 391 g/mol. The van der Waals surface area contributed by atoms with Crippen molar-refractivity contribution in [2.75, 3.05) is 32.2 Å². The minimum Gasteiger partial charge on any atom is -0.491 e. The van der Waals surface area contributed by atoms with E-state index in [1.54, 1.807) is 55.6 Å². The number of anilines is 1. The van der Waals surface area contributed by atoms with Gasteiger partial charge in [-0.15, -0.1) is 0 Å². The number of carbonyl (C=O) groups excluding carboxylic acids is 2. The molecular weight excluding hydrogens is 368 g/mol. The monoisotopic (exact) mass is 390 g/mol. The number of nitrogens with one attached hydrogen (secondary N) is 2. The summed E-state index contributed by atoms with van der Waals surface area (Å²) in [6.45, 7) is 1.31. The molecule has 2 rings (SSSR count). The lowest BCUT2D eigenvalue weighted by Crippen LogP contribution is -2.25. The van der Waals surface area contributed by atoms with Gasteiger partial charge in [-0.05, 0) is 48.9 Å². The summed E-state index contributed by atoms with van der Waals surface area (Å²) in [5.74, 6) is 0.299. The molecule has 0 aliphatic carbocycles. The van der Waals surface area contributed by atoms with Crippen LogP contribution in [0.25, 0.3) is 0 Å². The molecule has 0 unspecified atom stereocenters. The van der Waals surface area contributed by atoms with Gasteiger partial charge < -0.3 is 20.1 Å². The molecule has 0 bridgehead atoms. The molecular formula is C20H23ClN2O4. The van der Waals surface area contributed by atoms with E-state index in [0.29, 0.717) is 54.6 Å². The number of hydrogen-bond donors (Lipinski definition) is 2. The van der Waals surface area contributed by atoms with Crippen LogP contribution in [0.4, 0.5) is 5.69 Å². The van der Waals surface area contributed by atoms with Crippen LogP contribution in [0.15, 0.2) is 48.5 Å². The molecule has 2 N–H and O–H groups in total. The van der Waals surface area contributed by atoms with Gasteiger partial charge in [-0.25, -0.2) is 0 Å². The van der Waals surface area contributed by atoms with Gasteiger partial charge in [-0.1, -0.05) is 17.7 Å². The molecule has 2 aromatic rings. The molecule has 0 radical (unpaired) electrons. The minimum atomic E-state index is -0.203. The number of benzene rings is 2. The molecule has 0 heterocycles.